The predicted molar refractivity (Wildman–Crippen MR) is 130 cm³/mol. The number of rotatable bonds is 8. The molecule has 1 aliphatic rings. The fourth-order valence-corrected chi connectivity index (χ4v) is 4.57. The summed E-state index contributed by atoms with van der Waals surface area (Å²) >= 11 is 18.4. The number of ether oxygens (including phenoxy) is 2. The summed E-state index contributed by atoms with van der Waals surface area (Å²) < 4.78 is 11.4. The number of hydrogen-bond donors (Lipinski definition) is 0. The van der Waals surface area contributed by atoms with E-state index in [1.54, 1.807) is 42.5 Å². The largest absolute Gasteiger partial charge is 1.00 e. The Balaban J connectivity index is 0.00000342. The van der Waals surface area contributed by atoms with E-state index in [0.29, 0.717) is 64.1 Å². The first-order chi connectivity index (χ1) is 16.3. The minimum absolute atomic E-state index is 0. The molecule has 1 heterocycles. The van der Waals surface area contributed by atoms with Gasteiger partial charge in [0.15, 0.2) is 5.78 Å². The summed E-state index contributed by atoms with van der Waals surface area (Å²) in [5.41, 5.74) is 2.01. The second-order valence-electron chi connectivity index (χ2n) is 7.97. The van der Waals surface area contributed by atoms with Crippen molar-refractivity contribution < 1.29 is 53.7 Å². The molecule has 0 unspecified atom stereocenters. The van der Waals surface area contributed by atoms with Crippen LogP contribution in [0.25, 0.3) is 0 Å². The van der Waals surface area contributed by atoms with Crippen LogP contribution < -0.4 is 44.1 Å². The van der Waals surface area contributed by atoms with Crippen LogP contribution in [0.4, 0.5) is 0 Å². The van der Waals surface area contributed by atoms with Crippen LogP contribution in [-0.2, 0) is 11.2 Å². The summed E-state index contributed by atoms with van der Waals surface area (Å²) in [5, 5.41) is 12.8. The normalized spacial score (nSPS) is 14.3. The van der Waals surface area contributed by atoms with Gasteiger partial charge in [-0.05, 0) is 67.3 Å². The maximum atomic E-state index is 12.6. The van der Waals surface area contributed by atoms with Crippen LogP contribution in [-0.4, -0.2) is 18.4 Å². The molecule has 5 nitrogen and oxygen atoms in total. The van der Waals surface area contributed by atoms with Gasteiger partial charge in [-0.15, -0.1) is 0 Å². The molecule has 176 valence electrons. The number of halogens is 3. The number of aryl methyl sites for hydroxylation is 1. The predicted octanol–water partition coefficient (Wildman–Crippen LogP) is 3.26. The van der Waals surface area contributed by atoms with Crippen molar-refractivity contribution >= 4 is 46.6 Å². The molecule has 0 bridgehead atoms. The Morgan fingerprint density at radius 1 is 1.00 bits per heavy atom. The monoisotopic (exact) mass is 540 g/mol. The van der Waals surface area contributed by atoms with Gasteiger partial charge in [0.05, 0.1) is 11.6 Å². The van der Waals surface area contributed by atoms with Gasteiger partial charge in [0, 0.05) is 45.5 Å². The molecule has 0 aliphatic carbocycles. The molecule has 3 aromatic rings. The zero-order chi connectivity index (χ0) is 24.2. The zero-order valence-corrected chi connectivity index (χ0v) is 23.3. The molecular formula is C26H20Cl3NaO5. The third-order valence-corrected chi connectivity index (χ3v) is 6.54. The summed E-state index contributed by atoms with van der Waals surface area (Å²) in [6.07, 6.45) is 2.05. The Morgan fingerprint density at radius 2 is 1.74 bits per heavy atom. The van der Waals surface area contributed by atoms with Gasteiger partial charge in [-0.1, -0.05) is 40.9 Å². The van der Waals surface area contributed by atoms with E-state index < -0.39 is 11.9 Å². The molecule has 4 rings (SSSR count). The molecule has 0 N–H and O–H groups in total. The van der Waals surface area contributed by atoms with Gasteiger partial charge in [-0.2, -0.15) is 0 Å². The van der Waals surface area contributed by atoms with Crippen molar-refractivity contribution in [1.82, 2.24) is 0 Å². The number of carbonyl (C=O) groups excluding carboxylic acids is 2. The first-order valence-electron chi connectivity index (χ1n) is 10.7. The molecule has 9 heteroatoms. The minimum atomic E-state index is -1.16. The maximum absolute atomic E-state index is 12.6. The zero-order valence-electron chi connectivity index (χ0n) is 19.0. The van der Waals surface area contributed by atoms with Crippen LogP contribution in [0.1, 0.15) is 46.7 Å². The Labute approximate surface area is 240 Å². The Kier molecular flexibility index (Phi) is 9.94. The van der Waals surface area contributed by atoms with Crippen LogP contribution >= 0.6 is 34.8 Å². The van der Waals surface area contributed by atoms with E-state index in [1.165, 1.54) is 6.07 Å². The van der Waals surface area contributed by atoms with Crippen LogP contribution in [0.5, 0.6) is 17.2 Å². The van der Waals surface area contributed by atoms with Crippen molar-refractivity contribution in [2.24, 2.45) is 0 Å². The van der Waals surface area contributed by atoms with Gasteiger partial charge >= 0.3 is 29.6 Å². The van der Waals surface area contributed by atoms with Crippen molar-refractivity contribution in [1.29, 1.82) is 0 Å². The number of ketones is 1. The Hall–Kier alpha value is -1.73. The molecular weight excluding hydrogens is 522 g/mol. The number of Topliss-reactive ketones (excluding diaryl/α,β-unsaturated/α-hetero) is 1. The summed E-state index contributed by atoms with van der Waals surface area (Å²) in [6, 6.07) is 15.2. The van der Waals surface area contributed by atoms with E-state index in [2.05, 4.69) is 0 Å². The smallest absolute Gasteiger partial charge is 0.549 e. The summed E-state index contributed by atoms with van der Waals surface area (Å²) in [5.74, 6) is -0.684. The topological polar surface area (TPSA) is 75.7 Å². The second kappa shape index (κ2) is 12.5. The van der Waals surface area contributed by atoms with E-state index in [4.69, 9.17) is 44.3 Å². The standard InChI is InChI=1S/C26H21Cl3O5.Na/c27-17-7-4-15(21(28)12-17)2-1-3-23(30)16-5-8-18(9-6-16)34-25-14-24-20(13-22(25)29)19(26(31)32)10-11-33-24;/h4-9,12-14,19H,1-3,10-11H2,(H,31,32);/q;+1/p-1/t19-;/m1./s1. The fraction of sp³-hybridized carbons (Fsp3) is 0.231. The average molecular weight is 542 g/mol. The van der Waals surface area contributed by atoms with Crippen molar-refractivity contribution in [3.8, 4) is 17.2 Å². The van der Waals surface area contributed by atoms with Gasteiger partial charge in [0.1, 0.15) is 17.2 Å². The molecule has 0 aromatic heterocycles. The molecule has 0 amide bonds. The number of carbonyl (C=O) groups is 2. The second-order valence-corrected chi connectivity index (χ2v) is 9.22. The van der Waals surface area contributed by atoms with Gasteiger partial charge in [0.25, 0.3) is 0 Å². The van der Waals surface area contributed by atoms with Crippen molar-refractivity contribution in [2.45, 2.75) is 31.6 Å². The maximum Gasteiger partial charge on any atom is 1.00 e. The molecule has 0 spiro atoms. The number of fused-ring (bicyclic) bond motifs is 1. The molecule has 0 saturated heterocycles. The van der Waals surface area contributed by atoms with E-state index in [-0.39, 0.29) is 47.0 Å². The number of benzene rings is 3. The molecule has 0 saturated carbocycles. The van der Waals surface area contributed by atoms with Crippen molar-refractivity contribution in [3.05, 3.63) is 86.4 Å². The number of hydrogen-bond acceptors (Lipinski definition) is 5. The van der Waals surface area contributed by atoms with E-state index in [9.17, 15) is 14.7 Å². The van der Waals surface area contributed by atoms with Crippen LogP contribution in [0.2, 0.25) is 15.1 Å². The molecule has 3 aromatic carbocycles. The average Bonchev–Trinajstić information content (AvgIpc) is 2.81. The van der Waals surface area contributed by atoms with E-state index in [1.807, 2.05) is 6.07 Å². The van der Waals surface area contributed by atoms with Crippen LogP contribution in [0.3, 0.4) is 0 Å². The number of aliphatic carboxylic acids is 1. The Morgan fingerprint density at radius 3 is 2.43 bits per heavy atom. The summed E-state index contributed by atoms with van der Waals surface area (Å²) in [7, 11) is 0. The van der Waals surface area contributed by atoms with Gasteiger partial charge in [-0.25, -0.2) is 0 Å². The quantitative estimate of drug-likeness (QED) is 0.323. The van der Waals surface area contributed by atoms with Crippen LogP contribution in [0, 0.1) is 0 Å². The van der Waals surface area contributed by atoms with Gasteiger partial charge in [-0.3, -0.25) is 4.79 Å². The molecule has 1 aliphatic heterocycles. The van der Waals surface area contributed by atoms with Gasteiger partial charge < -0.3 is 19.4 Å². The molecule has 1 atom stereocenters. The van der Waals surface area contributed by atoms with Crippen molar-refractivity contribution in [3.63, 3.8) is 0 Å². The number of carboxylic acids is 1. The van der Waals surface area contributed by atoms with E-state index >= 15 is 0 Å². The fourth-order valence-electron chi connectivity index (χ4n) is 3.86. The van der Waals surface area contributed by atoms with E-state index in [0.717, 1.165) is 5.56 Å². The first kappa shape index (κ1) is 27.9. The van der Waals surface area contributed by atoms with Gasteiger partial charge in [0.2, 0.25) is 0 Å². The number of carboxylic acid groups (broad SMARTS) is 1. The third-order valence-electron chi connectivity index (χ3n) is 5.66. The molecule has 0 fully saturated rings. The first-order valence-corrected chi connectivity index (χ1v) is 11.9. The third kappa shape index (κ3) is 6.94. The molecule has 35 heavy (non-hydrogen) atoms. The van der Waals surface area contributed by atoms with Crippen LogP contribution in [0.15, 0.2) is 54.6 Å². The minimum Gasteiger partial charge on any atom is -0.549 e. The molecule has 0 radical (unpaired) electrons. The Bertz CT molecular complexity index is 1230. The van der Waals surface area contributed by atoms with Crippen molar-refractivity contribution in [2.75, 3.05) is 6.61 Å². The SMILES string of the molecule is O=C(CCCc1ccc(Cl)cc1Cl)c1ccc(Oc2cc3c(cc2Cl)[C@H](C(=O)[O-])CCO3)cc1.[Na+]. The summed E-state index contributed by atoms with van der Waals surface area (Å²) in [6.45, 7) is 0.272. The summed E-state index contributed by atoms with van der Waals surface area (Å²) in [4.78, 5) is 23.9.